The number of amides is 1. The standard InChI is InChI=1S/C22H23N3O6S/c1-14-10-11-17(32(28,29)25(3)4)12-18(14)23-19(26)13-30-22(27)20-15(2)31-24-21(20)16-8-6-5-7-9-16/h5-12H,13H2,1-4H3,(H,23,26). The van der Waals surface area contributed by atoms with Gasteiger partial charge in [-0.25, -0.2) is 17.5 Å². The van der Waals surface area contributed by atoms with Crippen molar-refractivity contribution < 1.29 is 27.3 Å². The Morgan fingerprint density at radius 1 is 1.09 bits per heavy atom. The van der Waals surface area contributed by atoms with Crippen molar-refractivity contribution in [2.45, 2.75) is 18.7 Å². The van der Waals surface area contributed by atoms with Gasteiger partial charge in [0.1, 0.15) is 17.0 Å². The Bertz CT molecular complexity index is 1250. The highest BCUT2D eigenvalue weighted by Crippen LogP contribution is 2.26. The van der Waals surface area contributed by atoms with Gasteiger partial charge in [0.25, 0.3) is 5.91 Å². The average Bonchev–Trinajstić information content (AvgIpc) is 3.15. The Kier molecular flexibility index (Phi) is 6.75. The van der Waals surface area contributed by atoms with Crippen molar-refractivity contribution in [3.63, 3.8) is 0 Å². The highest BCUT2D eigenvalue weighted by Gasteiger charge is 2.24. The number of aryl methyl sites for hydroxylation is 2. The van der Waals surface area contributed by atoms with Crippen molar-refractivity contribution in [3.8, 4) is 11.3 Å². The molecule has 0 saturated heterocycles. The van der Waals surface area contributed by atoms with Gasteiger partial charge in [0.15, 0.2) is 6.61 Å². The number of ether oxygens (including phenoxy) is 1. The van der Waals surface area contributed by atoms with Crippen molar-refractivity contribution in [1.29, 1.82) is 0 Å². The minimum Gasteiger partial charge on any atom is -0.452 e. The molecule has 0 atom stereocenters. The monoisotopic (exact) mass is 457 g/mol. The van der Waals surface area contributed by atoms with Gasteiger partial charge in [-0.15, -0.1) is 0 Å². The summed E-state index contributed by atoms with van der Waals surface area (Å²) in [4.78, 5) is 25.0. The van der Waals surface area contributed by atoms with Gasteiger partial charge >= 0.3 is 5.97 Å². The molecule has 32 heavy (non-hydrogen) atoms. The van der Waals surface area contributed by atoms with Crippen LogP contribution in [0.5, 0.6) is 0 Å². The molecule has 0 radical (unpaired) electrons. The van der Waals surface area contributed by atoms with Gasteiger partial charge in [0.2, 0.25) is 10.0 Å². The molecule has 0 unspecified atom stereocenters. The maximum absolute atomic E-state index is 12.6. The van der Waals surface area contributed by atoms with Crippen molar-refractivity contribution in [1.82, 2.24) is 9.46 Å². The average molecular weight is 458 g/mol. The zero-order chi connectivity index (χ0) is 23.5. The van der Waals surface area contributed by atoms with Gasteiger partial charge in [-0.3, -0.25) is 4.79 Å². The number of sulfonamides is 1. The van der Waals surface area contributed by atoms with E-state index in [1.807, 2.05) is 6.07 Å². The summed E-state index contributed by atoms with van der Waals surface area (Å²) < 4.78 is 36.1. The second-order valence-electron chi connectivity index (χ2n) is 7.22. The fourth-order valence-corrected chi connectivity index (χ4v) is 3.83. The number of aromatic nitrogens is 1. The molecule has 0 bridgehead atoms. The van der Waals surface area contributed by atoms with Gasteiger partial charge in [0.05, 0.1) is 4.90 Å². The summed E-state index contributed by atoms with van der Waals surface area (Å²) in [6.07, 6.45) is 0. The molecule has 10 heteroatoms. The van der Waals surface area contributed by atoms with Crippen LogP contribution in [0.25, 0.3) is 11.3 Å². The summed E-state index contributed by atoms with van der Waals surface area (Å²) in [5.74, 6) is -1.10. The first kappa shape index (κ1) is 23.2. The zero-order valence-corrected chi connectivity index (χ0v) is 18.9. The van der Waals surface area contributed by atoms with Crippen LogP contribution in [0.1, 0.15) is 21.7 Å². The first-order valence-electron chi connectivity index (χ1n) is 9.63. The van der Waals surface area contributed by atoms with Gasteiger partial charge < -0.3 is 14.6 Å². The molecule has 2 aromatic carbocycles. The SMILES string of the molecule is Cc1ccc(S(=O)(=O)N(C)C)cc1NC(=O)COC(=O)c1c(-c2ccccc2)noc1C. The normalized spacial score (nSPS) is 11.4. The van der Waals surface area contributed by atoms with Gasteiger partial charge in [-0.05, 0) is 31.5 Å². The second-order valence-corrected chi connectivity index (χ2v) is 9.37. The number of nitrogens with one attached hydrogen (secondary N) is 1. The third kappa shape index (κ3) is 4.87. The highest BCUT2D eigenvalue weighted by molar-refractivity contribution is 7.89. The van der Waals surface area contributed by atoms with Crippen LogP contribution in [-0.4, -0.2) is 50.5 Å². The molecule has 3 aromatic rings. The van der Waals surface area contributed by atoms with Crippen LogP contribution in [0.15, 0.2) is 57.9 Å². The van der Waals surface area contributed by atoms with E-state index in [0.717, 1.165) is 4.31 Å². The fraction of sp³-hybridized carbons (Fsp3) is 0.227. The second kappa shape index (κ2) is 9.33. The highest BCUT2D eigenvalue weighted by atomic mass is 32.2. The number of benzene rings is 2. The van der Waals surface area contributed by atoms with E-state index in [9.17, 15) is 18.0 Å². The number of nitrogens with zero attached hydrogens (tertiary/aromatic N) is 2. The number of esters is 1. The van der Waals surface area contributed by atoms with Crippen LogP contribution in [0.2, 0.25) is 0 Å². The molecular formula is C22H23N3O6S. The quantitative estimate of drug-likeness (QED) is 0.542. The number of carbonyl (C=O) groups is 2. The third-order valence-corrected chi connectivity index (χ3v) is 6.52. The summed E-state index contributed by atoms with van der Waals surface area (Å²) in [6, 6.07) is 13.4. The maximum Gasteiger partial charge on any atom is 0.344 e. The molecule has 9 nitrogen and oxygen atoms in total. The first-order valence-corrected chi connectivity index (χ1v) is 11.1. The number of carbonyl (C=O) groups excluding carboxylic acids is 2. The molecule has 0 aliphatic rings. The molecule has 1 aromatic heterocycles. The lowest BCUT2D eigenvalue weighted by Gasteiger charge is -2.14. The lowest BCUT2D eigenvalue weighted by atomic mass is 10.1. The van der Waals surface area contributed by atoms with E-state index in [2.05, 4.69) is 10.5 Å². The molecule has 3 rings (SSSR count). The van der Waals surface area contributed by atoms with E-state index >= 15 is 0 Å². The van der Waals surface area contributed by atoms with E-state index in [4.69, 9.17) is 9.26 Å². The molecule has 1 N–H and O–H groups in total. The predicted molar refractivity (Wildman–Crippen MR) is 118 cm³/mol. The van der Waals surface area contributed by atoms with E-state index in [0.29, 0.717) is 22.5 Å². The summed E-state index contributed by atoms with van der Waals surface area (Å²) in [5.41, 5.74) is 2.10. The summed E-state index contributed by atoms with van der Waals surface area (Å²) in [5, 5.41) is 6.51. The Balaban J connectivity index is 1.72. The molecule has 0 aliphatic heterocycles. The first-order chi connectivity index (χ1) is 15.1. The number of rotatable bonds is 7. The Labute approximate surface area is 186 Å². The number of hydrogen-bond donors (Lipinski definition) is 1. The molecule has 168 valence electrons. The predicted octanol–water partition coefficient (Wildman–Crippen LogP) is 3.00. The van der Waals surface area contributed by atoms with Crippen molar-refractivity contribution in [2.24, 2.45) is 0 Å². The molecular weight excluding hydrogens is 434 g/mol. The number of hydrogen-bond acceptors (Lipinski definition) is 7. The van der Waals surface area contributed by atoms with E-state index < -0.39 is 28.5 Å². The zero-order valence-electron chi connectivity index (χ0n) is 18.1. The van der Waals surface area contributed by atoms with Crippen molar-refractivity contribution >= 4 is 27.6 Å². The third-order valence-electron chi connectivity index (χ3n) is 4.71. The molecule has 0 fully saturated rings. The Morgan fingerprint density at radius 2 is 1.78 bits per heavy atom. The fourth-order valence-electron chi connectivity index (χ4n) is 2.90. The minimum absolute atomic E-state index is 0.0352. The summed E-state index contributed by atoms with van der Waals surface area (Å²) in [6.45, 7) is 2.73. The molecule has 1 heterocycles. The molecule has 0 saturated carbocycles. The van der Waals surface area contributed by atoms with Gasteiger partial charge in [-0.2, -0.15) is 0 Å². The lowest BCUT2D eigenvalue weighted by molar-refractivity contribution is -0.119. The lowest BCUT2D eigenvalue weighted by Crippen LogP contribution is -2.24. The van der Waals surface area contributed by atoms with E-state index in [1.54, 1.807) is 44.2 Å². The Hall–Kier alpha value is -3.50. The molecule has 0 spiro atoms. The Morgan fingerprint density at radius 3 is 2.44 bits per heavy atom. The topological polar surface area (TPSA) is 119 Å². The molecule has 1 amide bonds. The van der Waals surface area contributed by atoms with Crippen LogP contribution in [-0.2, 0) is 19.6 Å². The number of anilines is 1. The summed E-state index contributed by atoms with van der Waals surface area (Å²) in [7, 11) is -0.824. The van der Waals surface area contributed by atoms with Crippen LogP contribution < -0.4 is 5.32 Å². The van der Waals surface area contributed by atoms with Gasteiger partial charge in [0, 0.05) is 25.3 Å². The van der Waals surface area contributed by atoms with Crippen molar-refractivity contribution in [3.05, 3.63) is 65.4 Å². The van der Waals surface area contributed by atoms with E-state index in [-0.39, 0.29) is 16.2 Å². The van der Waals surface area contributed by atoms with Crippen LogP contribution >= 0.6 is 0 Å². The minimum atomic E-state index is -3.66. The van der Waals surface area contributed by atoms with Crippen LogP contribution in [0, 0.1) is 13.8 Å². The van der Waals surface area contributed by atoms with Crippen LogP contribution in [0.4, 0.5) is 5.69 Å². The van der Waals surface area contributed by atoms with Crippen LogP contribution in [0.3, 0.4) is 0 Å². The van der Waals surface area contributed by atoms with Crippen molar-refractivity contribution in [2.75, 3.05) is 26.0 Å². The maximum atomic E-state index is 12.6. The van der Waals surface area contributed by atoms with E-state index in [1.165, 1.54) is 26.2 Å². The largest absolute Gasteiger partial charge is 0.452 e. The molecule has 0 aliphatic carbocycles. The summed E-state index contributed by atoms with van der Waals surface area (Å²) >= 11 is 0. The van der Waals surface area contributed by atoms with Gasteiger partial charge in [-0.1, -0.05) is 41.6 Å². The smallest absolute Gasteiger partial charge is 0.344 e.